The van der Waals surface area contributed by atoms with Crippen molar-refractivity contribution in [3.63, 3.8) is 0 Å². The van der Waals surface area contributed by atoms with E-state index in [0.29, 0.717) is 23.1 Å². The lowest BCUT2D eigenvalue weighted by atomic mass is 9.76. The monoisotopic (exact) mass is 520 g/mol. The first kappa shape index (κ1) is 32.5. The molecule has 2 amide bonds. The summed E-state index contributed by atoms with van der Waals surface area (Å²) in [7, 11) is 0. The van der Waals surface area contributed by atoms with Crippen molar-refractivity contribution in [2.75, 3.05) is 19.3 Å². The van der Waals surface area contributed by atoms with E-state index in [-0.39, 0.29) is 24.3 Å². The van der Waals surface area contributed by atoms with Gasteiger partial charge in [-0.1, -0.05) is 91.2 Å². The van der Waals surface area contributed by atoms with Crippen LogP contribution in [0.5, 0.6) is 0 Å². The Morgan fingerprint density at radius 2 is 1.81 bits per heavy atom. The van der Waals surface area contributed by atoms with E-state index in [1.165, 1.54) is 32.1 Å². The highest BCUT2D eigenvalue weighted by Gasteiger charge is 2.29. The Labute approximate surface area is 224 Å². The summed E-state index contributed by atoms with van der Waals surface area (Å²) in [6.45, 7) is 11.0. The van der Waals surface area contributed by atoms with Gasteiger partial charge in [0.05, 0.1) is 6.54 Å². The Balaban J connectivity index is 2.81. The van der Waals surface area contributed by atoms with Crippen LogP contribution >= 0.6 is 0 Å². The van der Waals surface area contributed by atoms with Crippen molar-refractivity contribution in [3.05, 3.63) is 34.9 Å². The second-order valence-corrected chi connectivity index (χ2v) is 12.0. The van der Waals surface area contributed by atoms with Gasteiger partial charge in [-0.2, -0.15) is 0 Å². The van der Waals surface area contributed by atoms with Gasteiger partial charge in [0.15, 0.2) is 4.91 Å². The van der Waals surface area contributed by atoms with Crippen molar-refractivity contribution in [2.24, 2.45) is 17.8 Å². The van der Waals surface area contributed by atoms with Gasteiger partial charge in [0.1, 0.15) is 6.26 Å². The molecule has 0 heterocycles. The highest BCUT2D eigenvalue weighted by molar-refractivity contribution is 7.94. The number of carbonyl (C=O) groups is 2. The van der Waals surface area contributed by atoms with Crippen molar-refractivity contribution in [1.82, 2.24) is 10.2 Å². The molecular formula is C30H52N2O3S. The molecular weight excluding hydrogens is 468 g/mol. The molecule has 6 heteroatoms. The summed E-state index contributed by atoms with van der Waals surface area (Å²) in [6.07, 6.45) is 21.7. The molecule has 3 atom stereocenters. The third kappa shape index (κ3) is 13.1. The van der Waals surface area contributed by atoms with Gasteiger partial charge in [0.25, 0.3) is 0 Å². The van der Waals surface area contributed by atoms with Gasteiger partial charge in [-0.3, -0.25) is 9.59 Å². The highest BCUT2D eigenvalue weighted by atomic mass is 32.2. The number of hydrogen-bond donors (Lipinski definition) is 1. The molecule has 0 saturated heterocycles. The Kier molecular flexibility index (Phi) is 16.9. The van der Waals surface area contributed by atoms with Crippen LogP contribution in [0.15, 0.2) is 34.9 Å². The lowest BCUT2D eigenvalue weighted by molar-refractivity contribution is -0.140. The fraction of sp³-hybridized carbons (Fsp3) is 0.733. The summed E-state index contributed by atoms with van der Waals surface area (Å²) in [5, 5.41) is 2.91. The number of nitrogens with one attached hydrogen (secondary N) is 1. The molecule has 36 heavy (non-hydrogen) atoms. The van der Waals surface area contributed by atoms with E-state index in [9.17, 15) is 14.1 Å². The van der Waals surface area contributed by atoms with Crippen LogP contribution in [0, 0.1) is 17.8 Å². The van der Waals surface area contributed by atoms with Gasteiger partial charge < -0.3 is 14.8 Å². The number of amides is 2. The lowest BCUT2D eigenvalue weighted by Crippen LogP contribution is -2.44. The van der Waals surface area contributed by atoms with Crippen LogP contribution in [-0.2, 0) is 20.8 Å². The van der Waals surface area contributed by atoms with Crippen molar-refractivity contribution >= 4 is 23.0 Å². The number of nitrogens with zero attached hydrogens (tertiary/aromatic N) is 1. The van der Waals surface area contributed by atoms with E-state index in [4.69, 9.17) is 0 Å². The molecule has 5 nitrogen and oxygen atoms in total. The summed E-state index contributed by atoms with van der Waals surface area (Å²) < 4.78 is 12.1. The Hall–Kier alpha value is -1.53. The van der Waals surface area contributed by atoms with Gasteiger partial charge in [-0.25, -0.2) is 0 Å². The van der Waals surface area contributed by atoms with Crippen molar-refractivity contribution in [1.29, 1.82) is 0 Å². The van der Waals surface area contributed by atoms with E-state index in [2.05, 4.69) is 26.1 Å². The molecule has 0 aromatic carbocycles. The number of unbranched alkanes of at least 4 members (excludes halogenated alkanes) is 5. The minimum atomic E-state index is -1.16. The smallest absolute Gasteiger partial charge is 0.243 e. The van der Waals surface area contributed by atoms with Gasteiger partial charge in [-0.15, -0.1) is 0 Å². The fourth-order valence-electron chi connectivity index (χ4n) is 4.50. The summed E-state index contributed by atoms with van der Waals surface area (Å²) in [5.74, 6) is 0.885. The van der Waals surface area contributed by atoms with Crippen molar-refractivity contribution in [3.8, 4) is 0 Å². The first-order chi connectivity index (χ1) is 17.2. The maximum atomic E-state index is 13.4. The van der Waals surface area contributed by atoms with Crippen molar-refractivity contribution in [2.45, 2.75) is 105 Å². The summed E-state index contributed by atoms with van der Waals surface area (Å²) in [4.78, 5) is 28.8. The molecule has 206 valence electrons. The predicted molar refractivity (Wildman–Crippen MR) is 154 cm³/mol. The van der Waals surface area contributed by atoms with Crippen LogP contribution in [0.2, 0.25) is 0 Å². The first-order valence-electron chi connectivity index (χ1n) is 14.2. The Bertz CT molecular complexity index is 740. The molecule has 1 saturated carbocycles. The van der Waals surface area contributed by atoms with Crippen molar-refractivity contribution < 1.29 is 14.1 Å². The molecule has 1 fully saturated rings. The minimum absolute atomic E-state index is 0.0585. The molecule has 0 aliphatic heterocycles. The zero-order valence-electron chi connectivity index (χ0n) is 23.8. The van der Waals surface area contributed by atoms with E-state index in [0.717, 1.165) is 44.4 Å². The summed E-state index contributed by atoms with van der Waals surface area (Å²) >= 11 is -1.16. The summed E-state index contributed by atoms with van der Waals surface area (Å²) in [5.41, 5.74) is 0.632. The molecule has 1 aliphatic carbocycles. The number of allylic oxidation sites excluding steroid dienone is 5. The number of carbonyl (C=O) groups excluding carboxylic acids is 2. The average molecular weight is 521 g/mol. The molecule has 0 bridgehead atoms. The van der Waals surface area contributed by atoms with Crippen LogP contribution in [0.25, 0.3) is 0 Å². The van der Waals surface area contributed by atoms with Gasteiger partial charge in [0.2, 0.25) is 11.8 Å². The molecule has 1 N–H and O–H groups in total. The van der Waals surface area contributed by atoms with Gasteiger partial charge in [0, 0.05) is 24.2 Å². The topological polar surface area (TPSA) is 72.5 Å². The van der Waals surface area contributed by atoms with E-state index in [1.807, 2.05) is 25.2 Å². The van der Waals surface area contributed by atoms with Gasteiger partial charge in [-0.05, 0) is 55.3 Å². The summed E-state index contributed by atoms with van der Waals surface area (Å²) in [6, 6.07) is 0. The first-order valence-corrected chi connectivity index (χ1v) is 15.7. The zero-order valence-corrected chi connectivity index (χ0v) is 24.6. The molecule has 1 rings (SSSR count). The second kappa shape index (κ2) is 18.7. The normalized spacial score (nSPS) is 17.5. The predicted octanol–water partition coefficient (Wildman–Crippen LogP) is 6.89. The molecule has 0 aromatic heterocycles. The fourth-order valence-corrected chi connectivity index (χ4v) is 5.11. The third-order valence-corrected chi connectivity index (χ3v) is 8.15. The molecule has 3 unspecified atom stereocenters. The van der Waals surface area contributed by atoms with Crippen LogP contribution in [0.1, 0.15) is 105 Å². The Morgan fingerprint density at radius 1 is 1.11 bits per heavy atom. The highest BCUT2D eigenvalue weighted by Crippen LogP contribution is 2.34. The lowest BCUT2D eigenvalue weighted by Gasteiger charge is -2.32. The van der Waals surface area contributed by atoms with Crippen LogP contribution < -0.4 is 5.32 Å². The molecule has 0 spiro atoms. The molecule has 0 aromatic rings. The maximum absolute atomic E-state index is 13.4. The second-order valence-electron chi connectivity index (χ2n) is 10.6. The van der Waals surface area contributed by atoms with Crippen LogP contribution in [-0.4, -0.2) is 40.6 Å². The minimum Gasteiger partial charge on any atom is -0.612 e. The standard InChI is InChI=1S/C30H52N2O3S/c1-7-9-11-13-15-20-32(30(34)26(5)24(3)21-27-17-16-18-27)23-29(33)31-25(4)22-28(36(6)35)19-14-12-10-8-2/h12,14,19,22,24,26-27H,7-11,13,15-18,20-21,23H2,1-6H3,(H,31,33)/b14-12+,25-22+,28-19+. The number of rotatable bonds is 18. The van der Waals surface area contributed by atoms with E-state index in [1.54, 1.807) is 24.2 Å². The van der Waals surface area contributed by atoms with Gasteiger partial charge >= 0.3 is 0 Å². The largest absolute Gasteiger partial charge is 0.612 e. The van der Waals surface area contributed by atoms with E-state index >= 15 is 0 Å². The average Bonchev–Trinajstić information content (AvgIpc) is 2.81. The molecule has 0 radical (unpaired) electrons. The third-order valence-electron chi connectivity index (χ3n) is 7.23. The van der Waals surface area contributed by atoms with E-state index < -0.39 is 11.2 Å². The maximum Gasteiger partial charge on any atom is 0.243 e. The molecule has 1 aliphatic rings. The quantitative estimate of drug-likeness (QED) is 0.122. The van der Waals surface area contributed by atoms with Crippen LogP contribution in [0.4, 0.5) is 0 Å². The number of hydrogen-bond acceptors (Lipinski definition) is 3. The SMILES string of the molecule is CCC/C=C/C=C(\C=C(/C)NC(=O)CN(CCCCCCC)C(=O)C(C)C(C)CC1CCC1)[S+](C)[O-]. The Morgan fingerprint density at radius 3 is 2.39 bits per heavy atom. The zero-order chi connectivity index (χ0) is 26.9. The van der Waals surface area contributed by atoms with Crippen LogP contribution in [0.3, 0.4) is 0 Å².